The van der Waals surface area contributed by atoms with Crippen molar-refractivity contribution in [2.75, 3.05) is 18.8 Å². The summed E-state index contributed by atoms with van der Waals surface area (Å²) in [5, 5.41) is 0. The third-order valence-electron chi connectivity index (χ3n) is 5.57. The number of carbonyl (C=O) groups excluding carboxylic acids is 1. The molecule has 1 saturated heterocycles. The lowest BCUT2D eigenvalue weighted by Gasteiger charge is -2.35. The van der Waals surface area contributed by atoms with E-state index in [1.807, 2.05) is 56.1 Å². The highest BCUT2D eigenvalue weighted by atomic mass is 16.6. The Morgan fingerprint density at radius 3 is 2.55 bits per heavy atom. The van der Waals surface area contributed by atoms with Gasteiger partial charge in [-0.25, -0.2) is 4.79 Å². The van der Waals surface area contributed by atoms with Gasteiger partial charge in [0.1, 0.15) is 17.5 Å². The van der Waals surface area contributed by atoms with E-state index in [0.29, 0.717) is 19.0 Å². The molecule has 2 aliphatic heterocycles. The SMILES string of the molecule is CC(C)(C)OC(=O)N1CCC(C2Cc3cc(-c4ccc(N)cc4)ncc3O2)CC1. The van der Waals surface area contributed by atoms with Crippen LogP contribution in [0.4, 0.5) is 10.5 Å². The Hall–Kier alpha value is -2.76. The number of pyridine rings is 1. The van der Waals surface area contributed by atoms with Crippen LogP contribution in [0.5, 0.6) is 5.75 Å². The van der Waals surface area contributed by atoms with Crippen LogP contribution in [0.3, 0.4) is 0 Å². The molecular weight excluding hydrogens is 366 g/mol. The molecule has 1 amide bonds. The van der Waals surface area contributed by atoms with Gasteiger partial charge in [-0.3, -0.25) is 4.98 Å². The molecule has 0 aliphatic carbocycles. The largest absolute Gasteiger partial charge is 0.488 e. The van der Waals surface area contributed by atoms with Gasteiger partial charge < -0.3 is 20.1 Å². The topological polar surface area (TPSA) is 77.7 Å². The Kier molecular flexibility index (Phi) is 5.11. The zero-order chi connectivity index (χ0) is 20.6. The maximum atomic E-state index is 12.3. The highest BCUT2D eigenvalue weighted by Gasteiger charge is 2.35. The molecule has 6 nitrogen and oxygen atoms in total. The lowest BCUT2D eigenvalue weighted by Crippen LogP contribution is -2.44. The predicted molar refractivity (Wildman–Crippen MR) is 113 cm³/mol. The summed E-state index contributed by atoms with van der Waals surface area (Å²) in [6.07, 6.45) is 4.50. The van der Waals surface area contributed by atoms with E-state index in [0.717, 1.165) is 42.0 Å². The smallest absolute Gasteiger partial charge is 0.410 e. The molecule has 0 saturated carbocycles. The fourth-order valence-electron chi connectivity index (χ4n) is 4.03. The number of ether oxygens (including phenoxy) is 2. The van der Waals surface area contributed by atoms with E-state index in [1.54, 1.807) is 0 Å². The highest BCUT2D eigenvalue weighted by Crippen LogP contribution is 2.36. The van der Waals surface area contributed by atoms with Crippen LogP contribution in [-0.4, -0.2) is 40.8 Å². The molecule has 0 radical (unpaired) electrons. The lowest BCUT2D eigenvalue weighted by molar-refractivity contribution is 0.0123. The van der Waals surface area contributed by atoms with E-state index < -0.39 is 5.60 Å². The normalized spacial score (nSPS) is 19.6. The van der Waals surface area contributed by atoms with Crippen LogP contribution in [0.25, 0.3) is 11.3 Å². The van der Waals surface area contributed by atoms with E-state index in [2.05, 4.69) is 11.1 Å². The number of aromatic nitrogens is 1. The van der Waals surface area contributed by atoms with Gasteiger partial charge in [0, 0.05) is 36.3 Å². The van der Waals surface area contributed by atoms with Gasteiger partial charge in [-0.05, 0) is 57.7 Å². The quantitative estimate of drug-likeness (QED) is 0.768. The predicted octanol–water partition coefficient (Wildman–Crippen LogP) is 4.28. The van der Waals surface area contributed by atoms with Crippen LogP contribution in [0.1, 0.15) is 39.2 Å². The van der Waals surface area contributed by atoms with Crippen molar-refractivity contribution in [2.45, 2.75) is 51.7 Å². The van der Waals surface area contributed by atoms with Crippen molar-refractivity contribution in [3.63, 3.8) is 0 Å². The molecule has 2 N–H and O–H groups in total. The van der Waals surface area contributed by atoms with Gasteiger partial charge in [0.15, 0.2) is 0 Å². The van der Waals surface area contributed by atoms with Crippen LogP contribution in [0.15, 0.2) is 36.5 Å². The Morgan fingerprint density at radius 1 is 1.21 bits per heavy atom. The number of nitrogens with two attached hydrogens (primary N) is 1. The summed E-state index contributed by atoms with van der Waals surface area (Å²) in [4.78, 5) is 18.6. The summed E-state index contributed by atoms with van der Waals surface area (Å²) >= 11 is 0. The average molecular weight is 396 g/mol. The minimum Gasteiger partial charge on any atom is -0.488 e. The number of benzene rings is 1. The molecule has 29 heavy (non-hydrogen) atoms. The molecular formula is C23H29N3O3. The molecule has 0 bridgehead atoms. The summed E-state index contributed by atoms with van der Waals surface area (Å²) in [5.74, 6) is 1.31. The van der Waals surface area contributed by atoms with Crippen molar-refractivity contribution in [1.29, 1.82) is 0 Å². The molecule has 4 rings (SSSR count). The first kappa shape index (κ1) is 19.6. The van der Waals surface area contributed by atoms with Gasteiger partial charge >= 0.3 is 6.09 Å². The summed E-state index contributed by atoms with van der Waals surface area (Å²) in [5.41, 5.74) is 9.26. The Labute approximate surface area is 172 Å². The van der Waals surface area contributed by atoms with Crippen molar-refractivity contribution >= 4 is 11.8 Å². The standard InChI is InChI=1S/C23H29N3O3/c1-23(2,3)29-22(27)26-10-8-16(9-11-26)20-13-17-12-19(25-14-21(17)28-20)15-4-6-18(24)7-5-15/h4-7,12,14,16,20H,8-11,13,24H2,1-3H3. The van der Waals surface area contributed by atoms with Gasteiger partial charge in [-0.1, -0.05) is 12.1 Å². The van der Waals surface area contributed by atoms with Crippen molar-refractivity contribution < 1.29 is 14.3 Å². The van der Waals surface area contributed by atoms with Crippen LogP contribution < -0.4 is 10.5 Å². The average Bonchev–Trinajstić information content (AvgIpc) is 3.11. The molecule has 154 valence electrons. The maximum Gasteiger partial charge on any atom is 0.410 e. The number of carbonyl (C=O) groups is 1. The zero-order valence-electron chi connectivity index (χ0n) is 17.4. The number of piperidine rings is 1. The van der Waals surface area contributed by atoms with E-state index in [4.69, 9.17) is 15.2 Å². The van der Waals surface area contributed by atoms with Gasteiger partial charge in [0.2, 0.25) is 0 Å². The van der Waals surface area contributed by atoms with E-state index in [9.17, 15) is 4.79 Å². The summed E-state index contributed by atoms with van der Waals surface area (Å²) in [7, 11) is 0. The lowest BCUT2D eigenvalue weighted by atomic mass is 9.89. The van der Waals surface area contributed by atoms with Crippen molar-refractivity contribution in [3.05, 3.63) is 42.1 Å². The number of amides is 1. The minimum atomic E-state index is -0.459. The van der Waals surface area contributed by atoms with Crippen LogP contribution in [0.2, 0.25) is 0 Å². The number of hydrogen-bond acceptors (Lipinski definition) is 5. The third kappa shape index (κ3) is 4.47. The molecule has 2 aromatic rings. The maximum absolute atomic E-state index is 12.3. The van der Waals surface area contributed by atoms with Crippen LogP contribution in [-0.2, 0) is 11.2 Å². The van der Waals surface area contributed by atoms with Crippen molar-refractivity contribution in [2.24, 2.45) is 5.92 Å². The highest BCUT2D eigenvalue weighted by molar-refractivity contribution is 5.68. The van der Waals surface area contributed by atoms with Crippen molar-refractivity contribution in [3.8, 4) is 17.0 Å². The van der Waals surface area contributed by atoms with Crippen molar-refractivity contribution in [1.82, 2.24) is 9.88 Å². The first-order valence-corrected chi connectivity index (χ1v) is 10.3. The second-order valence-electron chi connectivity index (χ2n) is 8.96. The number of hydrogen-bond donors (Lipinski definition) is 1. The molecule has 3 heterocycles. The van der Waals surface area contributed by atoms with Crippen LogP contribution in [0, 0.1) is 5.92 Å². The monoisotopic (exact) mass is 395 g/mol. The second-order valence-corrected chi connectivity index (χ2v) is 8.96. The molecule has 2 aliphatic rings. The van der Waals surface area contributed by atoms with E-state index >= 15 is 0 Å². The zero-order valence-corrected chi connectivity index (χ0v) is 17.4. The van der Waals surface area contributed by atoms with Gasteiger partial charge in [-0.2, -0.15) is 0 Å². The number of nitrogen functional groups attached to an aromatic ring is 1. The number of rotatable bonds is 2. The number of likely N-dealkylation sites (tertiary alicyclic amines) is 1. The molecule has 1 unspecified atom stereocenters. The Bertz CT molecular complexity index is 881. The number of anilines is 1. The molecule has 0 spiro atoms. The van der Waals surface area contributed by atoms with Gasteiger partial charge in [0.25, 0.3) is 0 Å². The summed E-state index contributed by atoms with van der Waals surface area (Å²) in [6.45, 7) is 7.12. The Balaban J connectivity index is 1.37. The van der Waals surface area contributed by atoms with Gasteiger partial charge in [-0.15, -0.1) is 0 Å². The van der Waals surface area contributed by atoms with Crippen LogP contribution >= 0.6 is 0 Å². The van der Waals surface area contributed by atoms with E-state index in [-0.39, 0.29) is 12.2 Å². The fourth-order valence-corrected chi connectivity index (χ4v) is 4.03. The molecule has 1 aromatic carbocycles. The molecule has 1 fully saturated rings. The van der Waals surface area contributed by atoms with E-state index in [1.165, 1.54) is 5.56 Å². The number of fused-ring (bicyclic) bond motifs is 1. The third-order valence-corrected chi connectivity index (χ3v) is 5.57. The summed E-state index contributed by atoms with van der Waals surface area (Å²) < 4.78 is 11.7. The Morgan fingerprint density at radius 2 is 1.90 bits per heavy atom. The first-order valence-electron chi connectivity index (χ1n) is 10.3. The number of nitrogens with zero attached hydrogens (tertiary/aromatic N) is 2. The minimum absolute atomic E-state index is 0.147. The van der Waals surface area contributed by atoms with Gasteiger partial charge in [0.05, 0.1) is 11.9 Å². The molecule has 1 atom stereocenters. The fraction of sp³-hybridized carbons (Fsp3) is 0.478. The second kappa shape index (κ2) is 7.58. The first-order chi connectivity index (χ1) is 13.8. The molecule has 1 aromatic heterocycles. The summed E-state index contributed by atoms with van der Waals surface area (Å²) in [6, 6.07) is 9.88. The molecule has 6 heteroatoms.